The van der Waals surface area contributed by atoms with Gasteiger partial charge in [-0.15, -0.1) is 0 Å². The summed E-state index contributed by atoms with van der Waals surface area (Å²) in [4.78, 5) is 9.97. The molecule has 2 aliphatic heterocycles. The molecule has 1 aromatic rings. The van der Waals surface area contributed by atoms with Gasteiger partial charge in [0, 0.05) is 51.2 Å². The van der Waals surface area contributed by atoms with E-state index in [0.717, 1.165) is 45.2 Å². The van der Waals surface area contributed by atoms with Gasteiger partial charge in [-0.25, -0.2) is 0 Å². The average Bonchev–Trinajstić information content (AvgIpc) is 3.29. The maximum absolute atomic E-state index is 4.96. The number of hydrogen-bond acceptors (Lipinski definition) is 2. The minimum Gasteiger partial charge on any atom is -0.357 e. The van der Waals surface area contributed by atoms with E-state index in [9.17, 15) is 0 Å². The third-order valence-electron chi connectivity index (χ3n) is 5.29. The minimum atomic E-state index is 0.440. The summed E-state index contributed by atoms with van der Waals surface area (Å²) < 4.78 is 0. The molecule has 3 rings (SSSR count). The summed E-state index contributed by atoms with van der Waals surface area (Å²) >= 11 is 0. The van der Waals surface area contributed by atoms with Gasteiger partial charge < -0.3 is 10.2 Å². The van der Waals surface area contributed by atoms with Crippen LogP contribution < -0.4 is 5.32 Å². The van der Waals surface area contributed by atoms with Gasteiger partial charge in [0.15, 0.2) is 5.96 Å². The predicted octanol–water partition coefficient (Wildman–Crippen LogP) is 3.01. The van der Waals surface area contributed by atoms with Crippen molar-refractivity contribution in [3.05, 3.63) is 47.5 Å². The lowest BCUT2D eigenvalue weighted by atomic mass is 10.00. The van der Waals surface area contributed by atoms with Crippen LogP contribution in [0, 0.1) is 6.92 Å². The molecule has 0 spiro atoms. The third kappa shape index (κ3) is 4.63. The van der Waals surface area contributed by atoms with Gasteiger partial charge in [-0.05, 0) is 25.8 Å². The first-order chi connectivity index (χ1) is 12.2. The molecule has 2 unspecified atom stereocenters. The molecule has 0 saturated carbocycles. The van der Waals surface area contributed by atoms with Crippen molar-refractivity contribution in [2.45, 2.75) is 39.2 Å². The van der Waals surface area contributed by atoms with Gasteiger partial charge in [-0.2, -0.15) is 0 Å². The molecular weight excluding hydrogens is 308 g/mol. The Kier molecular flexibility index (Phi) is 6.14. The van der Waals surface area contributed by atoms with Crippen LogP contribution in [0.25, 0.3) is 0 Å². The van der Waals surface area contributed by atoms with E-state index in [1.807, 2.05) is 0 Å². The summed E-state index contributed by atoms with van der Waals surface area (Å²) in [6.45, 7) is 12.7. The lowest BCUT2D eigenvalue weighted by molar-refractivity contribution is 0.259. The quantitative estimate of drug-likeness (QED) is 0.508. The maximum atomic E-state index is 4.96. The zero-order valence-corrected chi connectivity index (χ0v) is 15.9. The maximum Gasteiger partial charge on any atom is 0.193 e. The van der Waals surface area contributed by atoms with Crippen molar-refractivity contribution >= 4 is 5.96 Å². The Labute approximate surface area is 152 Å². The van der Waals surface area contributed by atoms with E-state index < -0.39 is 0 Å². The summed E-state index contributed by atoms with van der Waals surface area (Å²) in [6.07, 6.45) is 5.80. The van der Waals surface area contributed by atoms with E-state index in [2.05, 4.69) is 72.3 Å². The van der Waals surface area contributed by atoms with Crippen molar-refractivity contribution in [1.29, 1.82) is 0 Å². The normalized spacial score (nSPS) is 22.6. The van der Waals surface area contributed by atoms with Crippen LogP contribution in [-0.4, -0.2) is 61.1 Å². The van der Waals surface area contributed by atoms with Gasteiger partial charge in [0.05, 0.1) is 0 Å². The highest BCUT2D eigenvalue weighted by molar-refractivity contribution is 5.80. The van der Waals surface area contributed by atoms with Crippen molar-refractivity contribution in [2.75, 3.05) is 39.3 Å². The van der Waals surface area contributed by atoms with E-state index in [-0.39, 0.29) is 0 Å². The number of nitrogens with zero attached hydrogens (tertiary/aromatic N) is 3. The fourth-order valence-electron chi connectivity index (χ4n) is 3.76. The van der Waals surface area contributed by atoms with Crippen molar-refractivity contribution in [3.63, 3.8) is 0 Å². The molecule has 1 N–H and O–H groups in total. The smallest absolute Gasteiger partial charge is 0.193 e. The number of hydrogen-bond donors (Lipinski definition) is 1. The minimum absolute atomic E-state index is 0.440. The Morgan fingerprint density at radius 2 is 2.12 bits per heavy atom. The van der Waals surface area contributed by atoms with Crippen LogP contribution in [-0.2, 0) is 0 Å². The summed E-state index contributed by atoms with van der Waals surface area (Å²) in [5, 5.41) is 3.50. The van der Waals surface area contributed by atoms with E-state index >= 15 is 0 Å². The largest absolute Gasteiger partial charge is 0.357 e. The second-order valence-corrected chi connectivity index (χ2v) is 7.32. The molecule has 2 atom stereocenters. The van der Waals surface area contributed by atoms with Crippen molar-refractivity contribution in [2.24, 2.45) is 4.99 Å². The molecule has 136 valence electrons. The number of nitrogens with one attached hydrogen (secondary N) is 1. The summed E-state index contributed by atoms with van der Waals surface area (Å²) in [5.41, 5.74) is 2.70. The van der Waals surface area contributed by atoms with Crippen LogP contribution in [0.4, 0.5) is 0 Å². The number of aliphatic imine (C=N–C) groups is 1. The van der Waals surface area contributed by atoms with Crippen LogP contribution in [0.3, 0.4) is 0 Å². The molecule has 0 bridgehead atoms. The van der Waals surface area contributed by atoms with Gasteiger partial charge in [0.2, 0.25) is 0 Å². The van der Waals surface area contributed by atoms with Gasteiger partial charge in [-0.1, -0.05) is 48.9 Å². The predicted molar refractivity (Wildman–Crippen MR) is 106 cm³/mol. The van der Waals surface area contributed by atoms with E-state index in [4.69, 9.17) is 4.99 Å². The highest BCUT2D eigenvalue weighted by Crippen LogP contribution is 2.19. The molecule has 25 heavy (non-hydrogen) atoms. The number of likely N-dealkylation sites (tertiary alicyclic amines) is 1. The van der Waals surface area contributed by atoms with Gasteiger partial charge >= 0.3 is 0 Å². The molecule has 0 aromatic heterocycles. The van der Waals surface area contributed by atoms with Crippen LogP contribution in [0.1, 0.15) is 37.3 Å². The number of rotatable bonds is 5. The van der Waals surface area contributed by atoms with Crippen LogP contribution in [0.2, 0.25) is 0 Å². The Morgan fingerprint density at radius 3 is 2.84 bits per heavy atom. The molecule has 0 amide bonds. The molecule has 0 aliphatic carbocycles. The van der Waals surface area contributed by atoms with E-state index in [1.54, 1.807) is 0 Å². The zero-order valence-electron chi connectivity index (χ0n) is 15.9. The van der Waals surface area contributed by atoms with E-state index in [1.165, 1.54) is 17.5 Å². The molecule has 2 aliphatic rings. The molecule has 2 heterocycles. The monoisotopic (exact) mass is 340 g/mol. The summed E-state index contributed by atoms with van der Waals surface area (Å²) in [7, 11) is 0. The van der Waals surface area contributed by atoms with Gasteiger partial charge in [-0.3, -0.25) is 9.89 Å². The molecule has 1 fully saturated rings. The zero-order chi connectivity index (χ0) is 17.6. The highest BCUT2D eigenvalue weighted by atomic mass is 15.3. The molecule has 4 nitrogen and oxygen atoms in total. The Bertz CT molecular complexity index is 614. The third-order valence-corrected chi connectivity index (χ3v) is 5.29. The molecule has 1 aromatic carbocycles. The Morgan fingerprint density at radius 1 is 1.32 bits per heavy atom. The molecule has 0 radical (unpaired) electrons. The first-order valence-corrected chi connectivity index (χ1v) is 9.66. The summed E-state index contributed by atoms with van der Waals surface area (Å²) in [6, 6.07) is 9.45. The lowest BCUT2D eigenvalue weighted by Gasteiger charge is -2.25. The number of aryl methyl sites for hydroxylation is 1. The standard InChI is InChI=1S/C21H32N4/c1-4-22-21(23-15-18(3)19-9-7-8-17(2)14-19)25-13-10-20(16-25)24-11-5-6-12-24/h5-9,14,18,20H,4,10-13,15-16H2,1-3H3,(H,22,23). The lowest BCUT2D eigenvalue weighted by Crippen LogP contribution is -2.43. The molecule has 1 saturated heterocycles. The van der Waals surface area contributed by atoms with Gasteiger partial charge in [0.1, 0.15) is 0 Å². The molecular formula is C21H32N4. The van der Waals surface area contributed by atoms with Crippen molar-refractivity contribution in [3.8, 4) is 0 Å². The van der Waals surface area contributed by atoms with Crippen LogP contribution >= 0.6 is 0 Å². The fourth-order valence-corrected chi connectivity index (χ4v) is 3.76. The SMILES string of the molecule is CCNC(=NCC(C)c1cccc(C)c1)N1CCC(N2CC=CC2)C1. The van der Waals surface area contributed by atoms with Gasteiger partial charge in [0.25, 0.3) is 0 Å². The Hall–Kier alpha value is -1.81. The Balaban J connectivity index is 1.61. The molecule has 4 heteroatoms. The van der Waals surface area contributed by atoms with E-state index in [0.29, 0.717) is 12.0 Å². The number of guanidine groups is 1. The second kappa shape index (κ2) is 8.52. The number of benzene rings is 1. The second-order valence-electron chi connectivity index (χ2n) is 7.32. The topological polar surface area (TPSA) is 30.9 Å². The van der Waals surface area contributed by atoms with Crippen molar-refractivity contribution in [1.82, 2.24) is 15.1 Å². The summed E-state index contributed by atoms with van der Waals surface area (Å²) in [5.74, 6) is 1.52. The highest BCUT2D eigenvalue weighted by Gasteiger charge is 2.29. The fraction of sp³-hybridized carbons (Fsp3) is 0.571. The average molecular weight is 341 g/mol. The first kappa shape index (κ1) is 18.0. The first-order valence-electron chi connectivity index (χ1n) is 9.66. The van der Waals surface area contributed by atoms with Crippen molar-refractivity contribution < 1.29 is 0 Å². The van der Waals surface area contributed by atoms with Crippen LogP contribution in [0.15, 0.2) is 41.4 Å². The van der Waals surface area contributed by atoms with Crippen LogP contribution in [0.5, 0.6) is 0 Å².